The Morgan fingerprint density at radius 1 is 1.25 bits per heavy atom. The van der Waals surface area contributed by atoms with Gasteiger partial charge in [-0.2, -0.15) is 0 Å². The largest absolute Gasteiger partial charge is 0.484 e. The lowest BCUT2D eigenvalue weighted by Crippen LogP contribution is -2.24. The molecule has 0 radical (unpaired) electrons. The monoisotopic (exact) mass is 271 g/mol. The molecular formula is C15H17N3O2. The molecule has 0 spiro atoms. The lowest BCUT2D eigenvalue weighted by molar-refractivity contribution is -0.122. The molecule has 1 amide bonds. The average molecular weight is 271 g/mol. The van der Waals surface area contributed by atoms with Crippen molar-refractivity contribution in [3.8, 4) is 5.75 Å². The van der Waals surface area contributed by atoms with Crippen LogP contribution < -0.4 is 15.4 Å². The molecule has 0 unspecified atom stereocenters. The minimum atomic E-state index is -0.156. The smallest absolute Gasteiger partial charge is 0.257 e. The number of rotatable bonds is 6. The predicted octanol–water partition coefficient (Wildman–Crippen LogP) is 1.82. The molecular weight excluding hydrogens is 254 g/mol. The van der Waals surface area contributed by atoms with Gasteiger partial charge in [-0.05, 0) is 24.3 Å². The maximum Gasteiger partial charge on any atom is 0.257 e. The topological polar surface area (TPSA) is 63.2 Å². The van der Waals surface area contributed by atoms with E-state index in [1.165, 1.54) is 0 Å². The summed E-state index contributed by atoms with van der Waals surface area (Å²) in [7, 11) is 1.58. The minimum absolute atomic E-state index is 0.0141. The quantitative estimate of drug-likeness (QED) is 0.841. The van der Waals surface area contributed by atoms with Crippen molar-refractivity contribution in [2.45, 2.75) is 6.54 Å². The van der Waals surface area contributed by atoms with Gasteiger partial charge in [-0.3, -0.25) is 9.78 Å². The van der Waals surface area contributed by atoms with Gasteiger partial charge in [0, 0.05) is 25.0 Å². The predicted molar refractivity (Wildman–Crippen MR) is 77.6 cm³/mol. The number of carbonyl (C=O) groups excluding carboxylic acids is 1. The second-order valence-corrected chi connectivity index (χ2v) is 4.16. The first kappa shape index (κ1) is 13.9. The number of amides is 1. The highest BCUT2D eigenvalue weighted by molar-refractivity contribution is 5.77. The molecule has 104 valence electrons. The van der Waals surface area contributed by atoms with Crippen molar-refractivity contribution in [3.05, 3.63) is 54.4 Å². The SMILES string of the molecule is CNC(=O)COc1cccc(NCc2ccccn2)c1. The van der Waals surface area contributed by atoms with Crippen LogP contribution in [0.3, 0.4) is 0 Å². The summed E-state index contributed by atoms with van der Waals surface area (Å²) in [5, 5.41) is 5.77. The van der Waals surface area contributed by atoms with Crippen molar-refractivity contribution in [1.29, 1.82) is 0 Å². The zero-order chi connectivity index (χ0) is 14.2. The van der Waals surface area contributed by atoms with E-state index in [1.807, 2.05) is 42.5 Å². The summed E-state index contributed by atoms with van der Waals surface area (Å²) >= 11 is 0. The van der Waals surface area contributed by atoms with Gasteiger partial charge in [0.2, 0.25) is 0 Å². The number of pyridine rings is 1. The summed E-state index contributed by atoms with van der Waals surface area (Å²) < 4.78 is 5.38. The number of nitrogens with one attached hydrogen (secondary N) is 2. The second kappa shape index (κ2) is 7.13. The molecule has 2 rings (SSSR count). The number of anilines is 1. The van der Waals surface area contributed by atoms with E-state index in [0.29, 0.717) is 12.3 Å². The summed E-state index contributed by atoms with van der Waals surface area (Å²) in [5.41, 5.74) is 1.88. The third-order valence-corrected chi connectivity index (χ3v) is 2.68. The van der Waals surface area contributed by atoms with Crippen LogP contribution in [0.15, 0.2) is 48.7 Å². The molecule has 0 fully saturated rings. The Labute approximate surface area is 118 Å². The number of hydrogen-bond donors (Lipinski definition) is 2. The molecule has 20 heavy (non-hydrogen) atoms. The summed E-state index contributed by atoms with van der Waals surface area (Å²) in [6.45, 7) is 0.653. The van der Waals surface area contributed by atoms with Crippen LogP contribution in [-0.2, 0) is 11.3 Å². The van der Waals surface area contributed by atoms with E-state index in [1.54, 1.807) is 13.2 Å². The van der Waals surface area contributed by atoms with Gasteiger partial charge in [0.1, 0.15) is 5.75 Å². The van der Waals surface area contributed by atoms with Crippen LogP contribution in [0.1, 0.15) is 5.69 Å². The highest BCUT2D eigenvalue weighted by atomic mass is 16.5. The molecule has 1 heterocycles. The molecule has 2 N–H and O–H groups in total. The normalized spacial score (nSPS) is 9.85. The molecule has 0 bridgehead atoms. The third-order valence-electron chi connectivity index (χ3n) is 2.68. The van der Waals surface area contributed by atoms with Crippen molar-refractivity contribution in [2.24, 2.45) is 0 Å². The van der Waals surface area contributed by atoms with Gasteiger partial charge in [0.05, 0.1) is 12.2 Å². The van der Waals surface area contributed by atoms with Gasteiger partial charge in [-0.1, -0.05) is 12.1 Å². The van der Waals surface area contributed by atoms with Crippen molar-refractivity contribution < 1.29 is 9.53 Å². The van der Waals surface area contributed by atoms with Gasteiger partial charge in [0.25, 0.3) is 5.91 Å². The summed E-state index contributed by atoms with van der Waals surface area (Å²) in [6.07, 6.45) is 1.76. The third kappa shape index (κ3) is 4.28. The molecule has 0 aliphatic heterocycles. The van der Waals surface area contributed by atoms with E-state index in [9.17, 15) is 4.79 Å². The first-order valence-corrected chi connectivity index (χ1v) is 6.35. The van der Waals surface area contributed by atoms with E-state index in [4.69, 9.17) is 4.74 Å². The van der Waals surface area contributed by atoms with Gasteiger partial charge in [-0.25, -0.2) is 0 Å². The van der Waals surface area contributed by atoms with E-state index in [2.05, 4.69) is 15.6 Å². The lowest BCUT2D eigenvalue weighted by Gasteiger charge is -2.09. The van der Waals surface area contributed by atoms with Gasteiger partial charge < -0.3 is 15.4 Å². The highest BCUT2D eigenvalue weighted by Gasteiger charge is 2.01. The summed E-state index contributed by atoms with van der Waals surface area (Å²) in [5.74, 6) is 0.497. The Balaban J connectivity index is 1.90. The molecule has 0 aliphatic carbocycles. The van der Waals surface area contributed by atoms with E-state index in [-0.39, 0.29) is 12.5 Å². The standard InChI is InChI=1S/C15H17N3O2/c1-16-15(19)11-20-14-7-4-6-12(9-14)18-10-13-5-2-3-8-17-13/h2-9,18H,10-11H2,1H3,(H,16,19). The highest BCUT2D eigenvalue weighted by Crippen LogP contribution is 2.17. The maximum absolute atomic E-state index is 11.1. The van der Waals surface area contributed by atoms with Crippen LogP contribution >= 0.6 is 0 Å². The van der Waals surface area contributed by atoms with Gasteiger partial charge in [-0.15, -0.1) is 0 Å². The Morgan fingerprint density at radius 2 is 2.15 bits per heavy atom. The number of hydrogen-bond acceptors (Lipinski definition) is 4. The lowest BCUT2D eigenvalue weighted by atomic mass is 10.3. The Bertz CT molecular complexity index is 558. The molecule has 0 atom stereocenters. The molecule has 0 aliphatic rings. The van der Waals surface area contributed by atoms with Crippen LogP contribution in [0.4, 0.5) is 5.69 Å². The number of nitrogens with zero attached hydrogens (tertiary/aromatic N) is 1. The number of benzene rings is 1. The van der Waals surface area contributed by atoms with Crippen molar-refractivity contribution >= 4 is 11.6 Å². The molecule has 0 saturated carbocycles. The molecule has 0 saturated heterocycles. The summed E-state index contributed by atoms with van der Waals surface area (Å²) in [4.78, 5) is 15.4. The van der Waals surface area contributed by atoms with Gasteiger partial charge >= 0.3 is 0 Å². The Hall–Kier alpha value is -2.56. The number of ether oxygens (including phenoxy) is 1. The molecule has 5 nitrogen and oxygen atoms in total. The molecule has 2 aromatic rings. The fraction of sp³-hybridized carbons (Fsp3) is 0.200. The number of likely N-dealkylation sites (N-methyl/N-ethyl adjacent to an activating group) is 1. The van der Waals surface area contributed by atoms with Crippen molar-refractivity contribution in [2.75, 3.05) is 19.0 Å². The van der Waals surface area contributed by atoms with E-state index >= 15 is 0 Å². The van der Waals surface area contributed by atoms with Crippen LogP contribution in [0.25, 0.3) is 0 Å². The minimum Gasteiger partial charge on any atom is -0.484 e. The Morgan fingerprint density at radius 3 is 2.90 bits per heavy atom. The fourth-order valence-electron chi connectivity index (χ4n) is 1.61. The Kier molecular flexibility index (Phi) is 4.94. The van der Waals surface area contributed by atoms with Gasteiger partial charge in [0.15, 0.2) is 6.61 Å². The average Bonchev–Trinajstić information content (AvgIpc) is 2.52. The zero-order valence-corrected chi connectivity index (χ0v) is 11.3. The fourth-order valence-corrected chi connectivity index (χ4v) is 1.61. The van der Waals surface area contributed by atoms with Crippen molar-refractivity contribution in [1.82, 2.24) is 10.3 Å². The number of carbonyl (C=O) groups is 1. The van der Waals surface area contributed by atoms with Crippen molar-refractivity contribution in [3.63, 3.8) is 0 Å². The van der Waals surface area contributed by atoms with Crippen LogP contribution in [0.5, 0.6) is 5.75 Å². The van der Waals surface area contributed by atoms with Crippen LogP contribution in [0.2, 0.25) is 0 Å². The van der Waals surface area contributed by atoms with E-state index in [0.717, 1.165) is 11.4 Å². The second-order valence-electron chi connectivity index (χ2n) is 4.16. The molecule has 5 heteroatoms. The summed E-state index contributed by atoms with van der Waals surface area (Å²) in [6, 6.07) is 13.3. The molecule has 1 aromatic heterocycles. The number of aromatic nitrogens is 1. The zero-order valence-electron chi connectivity index (χ0n) is 11.3. The van der Waals surface area contributed by atoms with Crippen LogP contribution in [0, 0.1) is 0 Å². The van der Waals surface area contributed by atoms with Crippen LogP contribution in [-0.4, -0.2) is 24.5 Å². The first-order valence-electron chi connectivity index (χ1n) is 6.35. The molecule has 1 aromatic carbocycles. The van der Waals surface area contributed by atoms with E-state index < -0.39 is 0 Å². The maximum atomic E-state index is 11.1. The first-order chi connectivity index (χ1) is 9.78.